The number of halogens is 1. The van der Waals surface area contributed by atoms with Crippen molar-refractivity contribution in [1.29, 1.82) is 0 Å². The van der Waals surface area contributed by atoms with Crippen LogP contribution in [-0.2, 0) is 21.9 Å². The van der Waals surface area contributed by atoms with Crippen molar-refractivity contribution in [2.75, 3.05) is 6.61 Å². The maximum Gasteiger partial charge on any atom is 0.261 e. The Bertz CT molecular complexity index is 494. The van der Waals surface area contributed by atoms with Gasteiger partial charge in [-0.2, -0.15) is 0 Å². The van der Waals surface area contributed by atoms with Gasteiger partial charge >= 0.3 is 0 Å². The molecule has 1 aromatic carbocycles. The standard InChI is InChI=1S/C10H11ClO3S/c1-2-7-5-9(15(11,12)13)6-8-3-4-14-10(7)8/h5-6H,2-4H2,1H3. The van der Waals surface area contributed by atoms with Gasteiger partial charge in [-0.25, -0.2) is 8.42 Å². The number of hydrogen-bond acceptors (Lipinski definition) is 3. The van der Waals surface area contributed by atoms with Crippen LogP contribution in [0.15, 0.2) is 17.0 Å². The van der Waals surface area contributed by atoms with Crippen LogP contribution in [0.5, 0.6) is 5.75 Å². The lowest BCUT2D eigenvalue weighted by molar-refractivity contribution is 0.353. The van der Waals surface area contributed by atoms with Crippen molar-refractivity contribution in [3.05, 3.63) is 23.3 Å². The molecule has 0 amide bonds. The summed E-state index contributed by atoms with van der Waals surface area (Å²) in [5.74, 6) is 0.835. The first-order valence-corrected chi connectivity index (χ1v) is 7.06. The molecular formula is C10H11ClO3S. The maximum atomic E-state index is 11.2. The second-order valence-corrected chi connectivity index (χ2v) is 6.03. The van der Waals surface area contributed by atoms with Crippen molar-refractivity contribution in [2.45, 2.75) is 24.7 Å². The van der Waals surface area contributed by atoms with E-state index in [9.17, 15) is 8.42 Å². The molecular weight excluding hydrogens is 236 g/mol. The molecule has 15 heavy (non-hydrogen) atoms. The predicted molar refractivity (Wildman–Crippen MR) is 58.1 cm³/mol. The van der Waals surface area contributed by atoms with Crippen molar-refractivity contribution in [2.24, 2.45) is 0 Å². The third-order valence-corrected chi connectivity index (χ3v) is 3.83. The van der Waals surface area contributed by atoms with Gasteiger partial charge in [0.05, 0.1) is 11.5 Å². The van der Waals surface area contributed by atoms with Gasteiger partial charge in [-0.3, -0.25) is 0 Å². The minimum Gasteiger partial charge on any atom is -0.493 e. The molecule has 0 saturated carbocycles. The Morgan fingerprint density at radius 1 is 1.47 bits per heavy atom. The first kappa shape index (κ1) is 10.8. The van der Waals surface area contributed by atoms with E-state index in [0.29, 0.717) is 6.61 Å². The molecule has 3 nitrogen and oxygen atoms in total. The topological polar surface area (TPSA) is 43.4 Å². The van der Waals surface area contributed by atoms with Crippen LogP contribution in [0.3, 0.4) is 0 Å². The van der Waals surface area contributed by atoms with E-state index in [0.717, 1.165) is 29.7 Å². The molecule has 0 atom stereocenters. The average Bonchev–Trinajstić information content (AvgIpc) is 2.62. The molecule has 1 aliphatic heterocycles. The summed E-state index contributed by atoms with van der Waals surface area (Å²) in [5.41, 5.74) is 1.85. The average molecular weight is 247 g/mol. The molecule has 5 heteroatoms. The van der Waals surface area contributed by atoms with Gasteiger partial charge in [-0.15, -0.1) is 0 Å². The van der Waals surface area contributed by atoms with Crippen LogP contribution >= 0.6 is 10.7 Å². The van der Waals surface area contributed by atoms with Crippen LogP contribution < -0.4 is 4.74 Å². The van der Waals surface area contributed by atoms with Gasteiger partial charge in [0.1, 0.15) is 5.75 Å². The van der Waals surface area contributed by atoms with Crippen LogP contribution in [-0.4, -0.2) is 15.0 Å². The second kappa shape index (κ2) is 3.68. The molecule has 0 bridgehead atoms. The summed E-state index contributed by atoms with van der Waals surface area (Å²) in [4.78, 5) is 0.172. The van der Waals surface area contributed by atoms with Crippen LogP contribution in [0.4, 0.5) is 0 Å². The highest BCUT2D eigenvalue weighted by Crippen LogP contribution is 2.33. The summed E-state index contributed by atoms with van der Waals surface area (Å²) in [7, 11) is 1.68. The minimum absolute atomic E-state index is 0.172. The number of hydrogen-bond donors (Lipinski definition) is 0. The number of benzene rings is 1. The van der Waals surface area contributed by atoms with Gasteiger partial charge in [0.2, 0.25) is 0 Å². The van der Waals surface area contributed by atoms with E-state index in [4.69, 9.17) is 15.4 Å². The Hall–Kier alpha value is -0.740. The van der Waals surface area contributed by atoms with E-state index in [1.807, 2.05) is 6.92 Å². The number of fused-ring (bicyclic) bond motifs is 1. The predicted octanol–water partition coefficient (Wildman–Crippen LogP) is 2.11. The Kier molecular flexibility index (Phi) is 2.64. The zero-order valence-electron chi connectivity index (χ0n) is 8.29. The Morgan fingerprint density at radius 3 is 2.80 bits per heavy atom. The summed E-state index contributed by atoms with van der Waals surface area (Å²) in [6.07, 6.45) is 1.49. The van der Waals surface area contributed by atoms with Gasteiger partial charge < -0.3 is 4.74 Å². The quantitative estimate of drug-likeness (QED) is 0.751. The summed E-state index contributed by atoms with van der Waals surface area (Å²) in [5, 5.41) is 0. The fraction of sp³-hybridized carbons (Fsp3) is 0.400. The monoisotopic (exact) mass is 246 g/mol. The zero-order valence-corrected chi connectivity index (χ0v) is 9.86. The molecule has 2 rings (SSSR count). The van der Waals surface area contributed by atoms with Crippen molar-refractivity contribution in [1.82, 2.24) is 0 Å². The summed E-state index contributed by atoms with van der Waals surface area (Å²) in [6.45, 7) is 2.58. The van der Waals surface area contributed by atoms with Crippen molar-refractivity contribution in [3.8, 4) is 5.75 Å². The van der Waals surface area contributed by atoms with Crippen molar-refractivity contribution >= 4 is 19.7 Å². The van der Waals surface area contributed by atoms with E-state index in [1.54, 1.807) is 12.1 Å². The maximum absolute atomic E-state index is 11.2. The minimum atomic E-state index is -3.64. The van der Waals surface area contributed by atoms with Crippen LogP contribution in [0.25, 0.3) is 0 Å². The van der Waals surface area contributed by atoms with Gasteiger partial charge in [0.15, 0.2) is 0 Å². The molecule has 0 radical (unpaired) electrons. The molecule has 0 N–H and O–H groups in total. The first-order valence-electron chi connectivity index (χ1n) is 4.75. The smallest absolute Gasteiger partial charge is 0.261 e. The number of ether oxygens (including phenoxy) is 1. The van der Waals surface area contributed by atoms with Crippen LogP contribution in [0.2, 0.25) is 0 Å². The number of rotatable bonds is 2. The molecule has 1 aliphatic rings. The SMILES string of the molecule is CCc1cc(S(=O)(=O)Cl)cc2c1OCC2. The lowest BCUT2D eigenvalue weighted by Crippen LogP contribution is -1.96. The molecule has 0 saturated heterocycles. The Balaban J connectivity index is 2.63. The fourth-order valence-corrected chi connectivity index (χ4v) is 2.59. The zero-order chi connectivity index (χ0) is 11.1. The summed E-state index contributed by atoms with van der Waals surface area (Å²) < 4.78 is 27.9. The van der Waals surface area contributed by atoms with E-state index in [-0.39, 0.29) is 4.90 Å². The van der Waals surface area contributed by atoms with E-state index in [2.05, 4.69) is 0 Å². The molecule has 0 fully saturated rings. The lowest BCUT2D eigenvalue weighted by atomic mass is 10.1. The summed E-state index contributed by atoms with van der Waals surface area (Å²) >= 11 is 0. The van der Waals surface area contributed by atoms with Gasteiger partial charge in [0, 0.05) is 17.1 Å². The Labute approximate surface area is 93.4 Å². The van der Waals surface area contributed by atoms with Gasteiger partial charge in [0.25, 0.3) is 9.05 Å². The first-order chi connectivity index (χ1) is 7.02. The normalized spacial score (nSPS) is 14.8. The van der Waals surface area contributed by atoms with E-state index < -0.39 is 9.05 Å². The van der Waals surface area contributed by atoms with Crippen molar-refractivity contribution < 1.29 is 13.2 Å². The van der Waals surface area contributed by atoms with E-state index in [1.165, 1.54) is 0 Å². The van der Waals surface area contributed by atoms with E-state index >= 15 is 0 Å². The molecule has 82 valence electrons. The Morgan fingerprint density at radius 2 is 2.20 bits per heavy atom. The highest BCUT2D eigenvalue weighted by molar-refractivity contribution is 8.13. The largest absolute Gasteiger partial charge is 0.493 e. The molecule has 0 aliphatic carbocycles. The molecule has 1 aromatic rings. The number of aryl methyl sites for hydroxylation is 1. The third kappa shape index (κ3) is 1.96. The highest BCUT2D eigenvalue weighted by Gasteiger charge is 2.20. The van der Waals surface area contributed by atoms with Gasteiger partial charge in [-0.1, -0.05) is 6.92 Å². The van der Waals surface area contributed by atoms with Crippen LogP contribution in [0.1, 0.15) is 18.1 Å². The van der Waals surface area contributed by atoms with Crippen molar-refractivity contribution in [3.63, 3.8) is 0 Å². The molecule has 1 heterocycles. The fourth-order valence-electron chi connectivity index (χ4n) is 1.76. The van der Waals surface area contributed by atoms with Crippen LogP contribution in [0, 0.1) is 0 Å². The lowest BCUT2D eigenvalue weighted by Gasteiger charge is -2.07. The van der Waals surface area contributed by atoms with Gasteiger partial charge in [-0.05, 0) is 29.7 Å². The second-order valence-electron chi connectivity index (χ2n) is 3.46. The highest BCUT2D eigenvalue weighted by atomic mass is 35.7. The molecule has 0 aromatic heterocycles. The molecule has 0 unspecified atom stereocenters. The third-order valence-electron chi connectivity index (χ3n) is 2.50. The molecule has 0 spiro atoms. The summed E-state index contributed by atoms with van der Waals surface area (Å²) in [6, 6.07) is 3.19.